The van der Waals surface area contributed by atoms with Gasteiger partial charge in [0.1, 0.15) is 17.9 Å². The zero-order valence-corrected chi connectivity index (χ0v) is 14.1. The molecule has 4 heteroatoms. The van der Waals surface area contributed by atoms with Crippen LogP contribution in [0.3, 0.4) is 0 Å². The lowest BCUT2D eigenvalue weighted by molar-refractivity contribution is 0.0467. The van der Waals surface area contributed by atoms with Gasteiger partial charge in [0.15, 0.2) is 0 Å². The molecule has 3 aromatic rings. The van der Waals surface area contributed by atoms with Gasteiger partial charge in [-0.3, -0.25) is 0 Å². The van der Waals surface area contributed by atoms with Crippen LogP contribution in [0.5, 0.6) is 0 Å². The first kappa shape index (κ1) is 16.7. The fraction of sp³-hybridized carbons (Fsp3) is 0.143. The van der Waals surface area contributed by atoms with Gasteiger partial charge < -0.3 is 9.15 Å². The summed E-state index contributed by atoms with van der Waals surface area (Å²) < 4.78 is 10.3. The van der Waals surface area contributed by atoms with Gasteiger partial charge in [-0.05, 0) is 36.1 Å². The van der Waals surface area contributed by atoms with E-state index in [9.17, 15) is 9.59 Å². The molecule has 0 fully saturated rings. The summed E-state index contributed by atoms with van der Waals surface area (Å²) in [5, 5.41) is 0. The van der Waals surface area contributed by atoms with Crippen LogP contribution in [-0.4, -0.2) is 5.97 Å². The molecule has 1 heterocycles. The molecule has 1 aromatic heterocycles. The number of ether oxygens (including phenoxy) is 1. The molecule has 2 aromatic carbocycles. The maximum Gasteiger partial charge on any atom is 0.342 e. The Bertz CT molecular complexity index is 912. The van der Waals surface area contributed by atoms with Gasteiger partial charge in [0.05, 0.1) is 0 Å². The van der Waals surface area contributed by atoms with Crippen molar-refractivity contribution in [2.45, 2.75) is 20.5 Å². The number of hydrogen-bond donors (Lipinski definition) is 0. The van der Waals surface area contributed by atoms with Crippen molar-refractivity contribution in [3.63, 3.8) is 0 Å². The van der Waals surface area contributed by atoms with Crippen LogP contribution < -0.4 is 5.63 Å². The van der Waals surface area contributed by atoms with E-state index in [1.165, 1.54) is 6.07 Å². The monoisotopic (exact) mass is 334 g/mol. The van der Waals surface area contributed by atoms with Crippen molar-refractivity contribution in [3.8, 4) is 11.1 Å². The smallest absolute Gasteiger partial charge is 0.342 e. The van der Waals surface area contributed by atoms with Gasteiger partial charge in [0.25, 0.3) is 0 Å². The van der Waals surface area contributed by atoms with E-state index in [4.69, 9.17) is 9.15 Å². The third kappa shape index (κ3) is 3.86. The predicted octanol–water partition coefficient (Wildman–Crippen LogP) is 4.28. The summed E-state index contributed by atoms with van der Waals surface area (Å²) in [7, 11) is 0. The molecule has 0 N–H and O–H groups in total. The normalized spacial score (nSPS) is 10.5. The van der Waals surface area contributed by atoms with E-state index in [1.807, 2.05) is 54.6 Å². The summed E-state index contributed by atoms with van der Waals surface area (Å²) in [4.78, 5) is 23.6. The summed E-state index contributed by atoms with van der Waals surface area (Å²) in [6.07, 6.45) is 0. The van der Waals surface area contributed by atoms with Gasteiger partial charge in [-0.2, -0.15) is 0 Å². The highest BCUT2D eigenvalue weighted by molar-refractivity contribution is 5.91. The second kappa shape index (κ2) is 7.18. The highest BCUT2D eigenvalue weighted by Gasteiger charge is 2.16. The number of aryl methyl sites for hydroxylation is 2. The Morgan fingerprint density at radius 3 is 2.24 bits per heavy atom. The van der Waals surface area contributed by atoms with Crippen LogP contribution in [-0.2, 0) is 11.3 Å². The summed E-state index contributed by atoms with van der Waals surface area (Å²) in [5.41, 5.74) is 3.52. The van der Waals surface area contributed by atoms with E-state index in [-0.39, 0.29) is 12.4 Å². The first-order chi connectivity index (χ1) is 12.0. The van der Waals surface area contributed by atoms with E-state index in [1.54, 1.807) is 13.8 Å². The lowest BCUT2D eigenvalue weighted by Gasteiger charge is -2.09. The van der Waals surface area contributed by atoms with Crippen molar-refractivity contribution in [1.82, 2.24) is 0 Å². The van der Waals surface area contributed by atoms with Crippen molar-refractivity contribution in [3.05, 3.63) is 93.5 Å². The topological polar surface area (TPSA) is 56.5 Å². The Hall–Kier alpha value is -3.14. The standard InChI is InChI=1S/C21H18O4/c1-14-12-19(22)25-15(2)20(14)21(23)24-13-16-8-10-18(11-9-16)17-6-4-3-5-7-17/h3-12H,13H2,1-2H3. The zero-order valence-electron chi connectivity index (χ0n) is 14.1. The molecule has 126 valence electrons. The number of rotatable bonds is 4. The molecule has 0 aliphatic rings. The Morgan fingerprint density at radius 1 is 0.960 bits per heavy atom. The van der Waals surface area contributed by atoms with Crippen molar-refractivity contribution in [2.75, 3.05) is 0 Å². The zero-order chi connectivity index (χ0) is 17.8. The van der Waals surface area contributed by atoms with Crippen LogP contribution in [0.25, 0.3) is 11.1 Å². The highest BCUT2D eigenvalue weighted by atomic mass is 16.5. The molecule has 3 rings (SSSR count). The van der Waals surface area contributed by atoms with Crippen molar-refractivity contribution >= 4 is 5.97 Å². The molecule has 0 radical (unpaired) electrons. The molecule has 0 spiro atoms. The first-order valence-electron chi connectivity index (χ1n) is 7.97. The van der Waals surface area contributed by atoms with Crippen LogP contribution >= 0.6 is 0 Å². The van der Waals surface area contributed by atoms with Crippen LogP contribution in [0.15, 0.2) is 69.9 Å². The number of benzene rings is 2. The van der Waals surface area contributed by atoms with E-state index in [2.05, 4.69) is 0 Å². The quantitative estimate of drug-likeness (QED) is 0.668. The minimum Gasteiger partial charge on any atom is -0.457 e. The lowest BCUT2D eigenvalue weighted by Crippen LogP contribution is -2.12. The van der Waals surface area contributed by atoms with Gasteiger partial charge in [-0.1, -0.05) is 54.6 Å². The Balaban J connectivity index is 1.70. The first-order valence-corrected chi connectivity index (χ1v) is 7.97. The van der Waals surface area contributed by atoms with Gasteiger partial charge in [0.2, 0.25) is 0 Å². The lowest BCUT2D eigenvalue weighted by atomic mass is 10.0. The second-order valence-corrected chi connectivity index (χ2v) is 5.82. The molecule has 25 heavy (non-hydrogen) atoms. The average Bonchev–Trinajstić information content (AvgIpc) is 2.60. The molecular weight excluding hydrogens is 316 g/mol. The molecular formula is C21H18O4. The van der Waals surface area contributed by atoms with Crippen LogP contribution in [0.2, 0.25) is 0 Å². The molecule has 0 amide bonds. The van der Waals surface area contributed by atoms with E-state index >= 15 is 0 Å². The maximum atomic E-state index is 12.3. The van der Waals surface area contributed by atoms with E-state index in [0.717, 1.165) is 16.7 Å². The average molecular weight is 334 g/mol. The van der Waals surface area contributed by atoms with E-state index < -0.39 is 11.6 Å². The van der Waals surface area contributed by atoms with Crippen molar-refractivity contribution < 1.29 is 13.9 Å². The van der Waals surface area contributed by atoms with Gasteiger partial charge in [-0.15, -0.1) is 0 Å². The largest absolute Gasteiger partial charge is 0.457 e. The maximum absolute atomic E-state index is 12.3. The molecule has 0 aliphatic heterocycles. The van der Waals surface area contributed by atoms with Gasteiger partial charge in [-0.25, -0.2) is 9.59 Å². The van der Waals surface area contributed by atoms with Crippen LogP contribution in [0, 0.1) is 13.8 Å². The molecule has 0 atom stereocenters. The molecule has 0 aliphatic carbocycles. The third-order valence-electron chi connectivity index (χ3n) is 3.97. The Morgan fingerprint density at radius 2 is 1.60 bits per heavy atom. The summed E-state index contributed by atoms with van der Waals surface area (Å²) in [5.74, 6) is -0.222. The molecule has 0 saturated heterocycles. The SMILES string of the molecule is Cc1cc(=O)oc(C)c1C(=O)OCc1ccc(-c2ccccc2)cc1. The minimum absolute atomic E-state index is 0.159. The summed E-state index contributed by atoms with van der Waals surface area (Å²) in [6.45, 7) is 3.43. The summed E-state index contributed by atoms with van der Waals surface area (Å²) in [6, 6.07) is 19.2. The number of esters is 1. The Labute approximate surface area is 145 Å². The predicted molar refractivity (Wildman–Crippen MR) is 95.4 cm³/mol. The number of carbonyl (C=O) groups is 1. The number of hydrogen-bond acceptors (Lipinski definition) is 4. The second-order valence-electron chi connectivity index (χ2n) is 5.82. The fourth-order valence-electron chi connectivity index (χ4n) is 2.71. The van der Waals surface area contributed by atoms with Gasteiger partial charge in [0, 0.05) is 6.07 Å². The van der Waals surface area contributed by atoms with Crippen molar-refractivity contribution in [1.29, 1.82) is 0 Å². The molecule has 0 saturated carbocycles. The van der Waals surface area contributed by atoms with Crippen LogP contribution in [0.1, 0.15) is 27.2 Å². The highest BCUT2D eigenvalue weighted by Crippen LogP contribution is 2.20. The van der Waals surface area contributed by atoms with Gasteiger partial charge >= 0.3 is 11.6 Å². The molecule has 0 bridgehead atoms. The fourth-order valence-corrected chi connectivity index (χ4v) is 2.71. The molecule has 0 unspecified atom stereocenters. The molecule has 4 nitrogen and oxygen atoms in total. The van der Waals surface area contributed by atoms with Crippen LogP contribution in [0.4, 0.5) is 0 Å². The number of carbonyl (C=O) groups excluding carboxylic acids is 1. The summed E-state index contributed by atoms with van der Waals surface area (Å²) >= 11 is 0. The third-order valence-corrected chi connectivity index (χ3v) is 3.97. The van der Waals surface area contributed by atoms with Crippen molar-refractivity contribution in [2.24, 2.45) is 0 Å². The minimum atomic E-state index is -0.495. The van der Waals surface area contributed by atoms with E-state index in [0.29, 0.717) is 11.1 Å². The Kier molecular flexibility index (Phi) is 4.80.